The van der Waals surface area contributed by atoms with Gasteiger partial charge < -0.3 is 18.9 Å². The van der Waals surface area contributed by atoms with Gasteiger partial charge in [0.15, 0.2) is 11.5 Å². The van der Waals surface area contributed by atoms with Gasteiger partial charge in [-0.3, -0.25) is 0 Å². The lowest BCUT2D eigenvalue weighted by Gasteiger charge is -2.07. The fourth-order valence-electron chi connectivity index (χ4n) is 2.84. The van der Waals surface area contributed by atoms with Gasteiger partial charge in [-0.05, 0) is 42.5 Å². The third-order valence-electron chi connectivity index (χ3n) is 4.26. The second-order valence-corrected chi connectivity index (χ2v) is 6.74. The molecule has 3 aromatic rings. The summed E-state index contributed by atoms with van der Waals surface area (Å²) in [5, 5.41) is 12.2. The van der Waals surface area contributed by atoms with E-state index in [4.69, 9.17) is 18.9 Å². The number of fused-ring (bicyclic) bond motifs is 1. The molecule has 2 aromatic carbocycles. The molecule has 0 atom stereocenters. The van der Waals surface area contributed by atoms with Gasteiger partial charge >= 0.3 is 0 Å². The summed E-state index contributed by atoms with van der Waals surface area (Å²) in [6.45, 7) is 0.227. The van der Waals surface area contributed by atoms with Crippen molar-refractivity contribution in [2.75, 3.05) is 21.0 Å². The fourth-order valence-corrected chi connectivity index (χ4v) is 3.63. The first kappa shape index (κ1) is 17.9. The monoisotopic (exact) mass is 392 g/mol. The van der Waals surface area contributed by atoms with Crippen LogP contribution < -0.4 is 18.9 Å². The number of thiazole rings is 1. The molecule has 2 heterocycles. The van der Waals surface area contributed by atoms with Gasteiger partial charge in [-0.25, -0.2) is 4.98 Å². The van der Waals surface area contributed by atoms with Crippen molar-refractivity contribution in [2.24, 2.45) is 0 Å². The molecule has 0 spiro atoms. The first-order chi connectivity index (χ1) is 13.7. The van der Waals surface area contributed by atoms with Crippen LogP contribution in [0.4, 0.5) is 0 Å². The van der Waals surface area contributed by atoms with E-state index in [9.17, 15) is 5.26 Å². The highest BCUT2D eigenvalue weighted by atomic mass is 32.1. The quantitative estimate of drug-likeness (QED) is 0.590. The first-order valence-electron chi connectivity index (χ1n) is 8.41. The number of hydrogen-bond donors (Lipinski definition) is 0. The van der Waals surface area contributed by atoms with Crippen molar-refractivity contribution in [3.8, 4) is 40.3 Å². The normalized spacial score (nSPS) is 12.5. The number of benzene rings is 2. The van der Waals surface area contributed by atoms with E-state index in [1.807, 2.05) is 35.7 Å². The Hall–Kier alpha value is -3.50. The van der Waals surface area contributed by atoms with Crippen molar-refractivity contribution in [2.45, 2.75) is 0 Å². The first-order valence-corrected chi connectivity index (χ1v) is 9.29. The summed E-state index contributed by atoms with van der Waals surface area (Å²) in [7, 11) is 3.19. The van der Waals surface area contributed by atoms with Crippen LogP contribution in [0.3, 0.4) is 0 Å². The number of rotatable bonds is 5. The maximum absolute atomic E-state index is 9.68. The molecule has 1 aromatic heterocycles. The Kier molecular flexibility index (Phi) is 4.87. The molecule has 7 heteroatoms. The second kappa shape index (κ2) is 7.62. The Balaban J connectivity index is 1.69. The summed E-state index contributed by atoms with van der Waals surface area (Å²) >= 11 is 1.41. The van der Waals surface area contributed by atoms with E-state index in [2.05, 4.69) is 11.1 Å². The Bertz CT molecular complexity index is 1100. The predicted molar refractivity (Wildman–Crippen MR) is 107 cm³/mol. The topological polar surface area (TPSA) is 73.6 Å². The Morgan fingerprint density at radius 3 is 2.79 bits per heavy atom. The molecule has 1 aliphatic heterocycles. The largest absolute Gasteiger partial charge is 0.497 e. The fraction of sp³-hybridized carbons (Fsp3) is 0.143. The van der Waals surface area contributed by atoms with Crippen LogP contribution in [0.1, 0.15) is 10.6 Å². The number of allylic oxidation sites excluding steroid dienone is 1. The zero-order valence-corrected chi connectivity index (χ0v) is 16.1. The van der Waals surface area contributed by atoms with Crippen molar-refractivity contribution < 1.29 is 18.9 Å². The summed E-state index contributed by atoms with van der Waals surface area (Å²) in [4.78, 5) is 4.63. The molecule has 28 heavy (non-hydrogen) atoms. The average Bonchev–Trinajstić information content (AvgIpc) is 3.40. The highest BCUT2D eigenvalue weighted by Gasteiger charge is 2.16. The molecule has 140 valence electrons. The molecule has 0 fully saturated rings. The standard InChI is InChI=1S/C21H16N2O4S/c1-24-16-4-6-18(25-2)14(8-16)7-15(10-22)21-23-17(11-28-21)13-3-5-19-20(9-13)27-12-26-19/h3-9,11H,12H2,1-2H3. The molecular formula is C21H16N2O4S. The Morgan fingerprint density at radius 2 is 2.00 bits per heavy atom. The van der Waals surface area contributed by atoms with E-state index >= 15 is 0 Å². The zero-order valence-electron chi connectivity index (χ0n) is 15.3. The van der Waals surface area contributed by atoms with E-state index in [1.165, 1.54) is 11.3 Å². The van der Waals surface area contributed by atoms with Gasteiger partial charge in [-0.1, -0.05) is 0 Å². The van der Waals surface area contributed by atoms with Crippen LogP contribution in [0.5, 0.6) is 23.0 Å². The smallest absolute Gasteiger partial charge is 0.231 e. The van der Waals surface area contributed by atoms with Gasteiger partial charge in [0.2, 0.25) is 6.79 Å². The zero-order chi connectivity index (χ0) is 19.5. The number of nitrogens with zero attached hydrogens (tertiary/aromatic N) is 2. The van der Waals surface area contributed by atoms with Crippen molar-refractivity contribution in [1.82, 2.24) is 4.98 Å². The van der Waals surface area contributed by atoms with Gasteiger partial charge in [-0.2, -0.15) is 5.26 Å². The second-order valence-electron chi connectivity index (χ2n) is 5.88. The molecule has 0 amide bonds. The summed E-state index contributed by atoms with van der Waals surface area (Å²) < 4.78 is 21.4. The molecular weight excluding hydrogens is 376 g/mol. The lowest BCUT2D eigenvalue weighted by molar-refractivity contribution is 0.174. The molecule has 0 saturated heterocycles. The molecule has 0 radical (unpaired) electrons. The van der Waals surface area contributed by atoms with Crippen LogP contribution in [0.25, 0.3) is 22.9 Å². The third-order valence-corrected chi connectivity index (χ3v) is 5.14. The molecule has 0 aliphatic carbocycles. The van der Waals surface area contributed by atoms with Crippen LogP contribution in [0.15, 0.2) is 41.8 Å². The minimum absolute atomic E-state index is 0.227. The number of hydrogen-bond acceptors (Lipinski definition) is 7. The number of nitriles is 1. The molecule has 0 N–H and O–H groups in total. The van der Waals surface area contributed by atoms with Crippen LogP contribution >= 0.6 is 11.3 Å². The van der Waals surface area contributed by atoms with Crippen LogP contribution in [0, 0.1) is 11.3 Å². The van der Waals surface area contributed by atoms with Gasteiger partial charge in [-0.15, -0.1) is 11.3 Å². The lowest BCUT2D eigenvalue weighted by atomic mass is 10.1. The summed E-state index contributed by atoms with van der Waals surface area (Å²) in [5.74, 6) is 2.76. The van der Waals surface area contributed by atoms with Crippen molar-refractivity contribution in [1.29, 1.82) is 5.26 Å². The maximum atomic E-state index is 9.68. The summed E-state index contributed by atoms with van der Waals surface area (Å²) in [6, 6.07) is 13.3. The number of methoxy groups -OCH3 is 2. The molecule has 0 unspecified atom stereocenters. The highest BCUT2D eigenvalue weighted by molar-refractivity contribution is 7.11. The average molecular weight is 392 g/mol. The van der Waals surface area contributed by atoms with Gasteiger partial charge in [0.25, 0.3) is 0 Å². The van der Waals surface area contributed by atoms with E-state index in [0.717, 1.165) is 22.6 Å². The summed E-state index contributed by atoms with van der Waals surface area (Å²) in [5.41, 5.74) is 2.88. The highest BCUT2D eigenvalue weighted by Crippen LogP contribution is 2.37. The van der Waals surface area contributed by atoms with Gasteiger partial charge in [0, 0.05) is 16.5 Å². The van der Waals surface area contributed by atoms with Gasteiger partial charge in [0.1, 0.15) is 22.6 Å². The SMILES string of the molecule is COc1ccc(OC)c(C=C(C#N)c2nc(-c3ccc4c(c3)OCO4)cs2)c1. The van der Waals surface area contributed by atoms with Crippen LogP contribution in [-0.4, -0.2) is 26.0 Å². The molecule has 4 rings (SSSR count). The Labute approximate surface area is 166 Å². The Morgan fingerprint density at radius 1 is 1.14 bits per heavy atom. The van der Waals surface area contributed by atoms with Crippen LogP contribution in [0.2, 0.25) is 0 Å². The predicted octanol–water partition coefficient (Wildman–Crippen LogP) is 4.62. The van der Waals surface area contributed by atoms with Crippen molar-refractivity contribution in [3.63, 3.8) is 0 Å². The maximum Gasteiger partial charge on any atom is 0.231 e. The van der Waals surface area contributed by atoms with Crippen molar-refractivity contribution in [3.05, 3.63) is 52.3 Å². The summed E-state index contributed by atoms with van der Waals surface area (Å²) in [6.07, 6.45) is 1.75. The van der Waals surface area contributed by atoms with Gasteiger partial charge in [0.05, 0.1) is 25.5 Å². The van der Waals surface area contributed by atoms with Crippen molar-refractivity contribution >= 4 is 23.0 Å². The van der Waals surface area contributed by atoms with E-state index < -0.39 is 0 Å². The molecule has 0 saturated carbocycles. The number of aromatic nitrogens is 1. The van der Waals surface area contributed by atoms with E-state index in [-0.39, 0.29) is 6.79 Å². The number of ether oxygens (including phenoxy) is 4. The molecule has 6 nitrogen and oxygen atoms in total. The molecule has 0 bridgehead atoms. The molecule has 1 aliphatic rings. The lowest BCUT2D eigenvalue weighted by Crippen LogP contribution is -1.92. The van der Waals surface area contributed by atoms with Crippen LogP contribution in [-0.2, 0) is 0 Å². The minimum Gasteiger partial charge on any atom is -0.497 e. The van der Waals surface area contributed by atoms with E-state index in [0.29, 0.717) is 27.8 Å². The minimum atomic E-state index is 0.227. The third kappa shape index (κ3) is 3.38. The van der Waals surface area contributed by atoms with E-state index in [1.54, 1.807) is 26.4 Å².